The van der Waals surface area contributed by atoms with E-state index in [1.165, 1.54) is 22.7 Å². The summed E-state index contributed by atoms with van der Waals surface area (Å²) in [6.07, 6.45) is 1.24. The number of hydrogen-bond acceptors (Lipinski definition) is 4. The van der Waals surface area contributed by atoms with Gasteiger partial charge in [0, 0.05) is 13.1 Å². The van der Waals surface area contributed by atoms with Gasteiger partial charge in [0.15, 0.2) is 0 Å². The Labute approximate surface area is 130 Å². The molecule has 1 aromatic heterocycles. The molecular formula is C13H19Cl2N3S. The number of hydrogen-bond donors (Lipinski definition) is 1. The highest BCUT2D eigenvalue weighted by Crippen LogP contribution is 2.22. The highest BCUT2D eigenvalue weighted by Gasteiger charge is 2.11. The Morgan fingerprint density at radius 1 is 1.16 bits per heavy atom. The quantitative estimate of drug-likeness (QED) is 0.922. The first-order chi connectivity index (χ1) is 8.42. The molecule has 1 fully saturated rings. The van der Waals surface area contributed by atoms with Crippen LogP contribution in [0, 0.1) is 0 Å². The summed E-state index contributed by atoms with van der Waals surface area (Å²) in [4.78, 5) is 7.19. The molecule has 106 valence electrons. The van der Waals surface area contributed by atoms with Crippen LogP contribution in [-0.4, -0.2) is 36.1 Å². The van der Waals surface area contributed by atoms with Gasteiger partial charge in [0.05, 0.1) is 16.8 Å². The van der Waals surface area contributed by atoms with Gasteiger partial charge in [-0.25, -0.2) is 4.98 Å². The monoisotopic (exact) mass is 319 g/mol. The predicted molar refractivity (Wildman–Crippen MR) is 86.9 cm³/mol. The average Bonchev–Trinajstić information content (AvgIpc) is 2.57. The molecule has 0 radical (unpaired) electrons. The predicted octanol–water partition coefficient (Wildman–Crippen LogP) is 2.94. The fourth-order valence-electron chi connectivity index (χ4n) is 2.24. The van der Waals surface area contributed by atoms with Crippen molar-refractivity contribution in [3.05, 3.63) is 29.3 Å². The molecule has 6 heteroatoms. The lowest BCUT2D eigenvalue weighted by Gasteiger charge is -2.17. The van der Waals surface area contributed by atoms with Crippen molar-refractivity contribution >= 4 is 46.4 Å². The number of aromatic nitrogens is 1. The lowest BCUT2D eigenvalue weighted by atomic mass is 10.3. The van der Waals surface area contributed by atoms with Gasteiger partial charge in [-0.15, -0.1) is 36.2 Å². The van der Waals surface area contributed by atoms with Gasteiger partial charge in [0.1, 0.15) is 5.01 Å². The van der Waals surface area contributed by atoms with Gasteiger partial charge < -0.3 is 5.32 Å². The van der Waals surface area contributed by atoms with Crippen molar-refractivity contribution in [2.45, 2.75) is 13.0 Å². The third-order valence-electron chi connectivity index (χ3n) is 3.13. The number of nitrogens with zero attached hydrogens (tertiary/aromatic N) is 2. The molecule has 1 aromatic carbocycles. The van der Waals surface area contributed by atoms with Crippen LogP contribution in [0.4, 0.5) is 0 Å². The second-order valence-corrected chi connectivity index (χ2v) is 5.57. The molecule has 0 spiro atoms. The Bertz CT molecular complexity index is 462. The third kappa shape index (κ3) is 4.29. The van der Waals surface area contributed by atoms with E-state index in [1.807, 2.05) is 11.3 Å². The summed E-state index contributed by atoms with van der Waals surface area (Å²) in [6, 6.07) is 8.39. The molecule has 0 atom stereocenters. The zero-order chi connectivity index (χ0) is 11.5. The maximum absolute atomic E-state index is 4.69. The minimum absolute atomic E-state index is 0. The standard InChI is InChI=1S/C13H17N3S.2ClH/c1-2-5-12-11(4-1)15-13(17-12)10-16-8-3-6-14-7-9-16;;/h1-2,4-5,14H,3,6-10H2;2*1H. The van der Waals surface area contributed by atoms with Gasteiger partial charge in [-0.1, -0.05) is 12.1 Å². The molecule has 0 saturated carbocycles. The Balaban J connectivity index is 0.000000902. The summed E-state index contributed by atoms with van der Waals surface area (Å²) in [7, 11) is 0. The summed E-state index contributed by atoms with van der Waals surface area (Å²) in [5, 5.41) is 4.67. The van der Waals surface area contributed by atoms with Crippen LogP contribution in [0.3, 0.4) is 0 Å². The van der Waals surface area contributed by atoms with Crippen molar-refractivity contribution in [2.75, 3.05) is 26.2 Å². The average molecular weight is 320 g/mol. The lowest BCUT2D eigenvalue weighted by molar-refractivity contribution is 0.284. The number of halogens is 2. The van der Waals surface area contributed by atoms with E-state index in [-0.39, 0.29) is 24.8 Å². The topological polar surface area (TPSA) is 28.2 Å². The molecule has 0 amide bonds. The third-order valence-corrected chi connectivity index (χ3v) is 4.15. The first-order valence-corrected chi connectivity index (χ1v) is 7.01. The molecule has 3 rings (SSSR count). The summed E-state index contributed by atoms with van der Waals surface area (Å²) in [6.45, 7) is 5.57. The van der Waals surface area contributed by atoms with Gasteiger partial charge in [-0.3, -0.25) is 4.90 Å². The van der Waals surface area contributed by atoms with Gasteiger partial charge in [-0.2, -0.15) is 0 Å². The highest BCUT2D eigenvalue weighted by molar-refractivity contribution is 7.18. The molecule has 1 saturated heterocycles. The number of nitrogens with one attached hydrogen (secondary N) is 1. The molecule has 3 nitrogen and oxygen atoms in total. The van der Waals surface area contributed by atoms with Crippen molar-refractivity contribution in [1.82, 2.24) is 15.2 Å². The van der Waals surface area contributed by atoms with E-state index in [0.29, 0.717) is 0 Å². The number of para-hydroxylation sites is 1. The lowest BCUT2D eigenvalue weighted by Crippen LogP contribution is -2.27. The molecule has 19 heavy (non-hydrogen) atoms. The van der Waals surface area contributed by atoms with Crippen molar-refractivity contribution in [3.63, 3.8) is 0 Å². The molecule has 1 aliphatic heterocycles. The Morgan fingerprint density at radius 2 is 2.00 bits per heavy atom. The second kappa shape index (κ2) is 8.02. The highest BCUT2D eigenvalue weighted by atomic mass is 35.5. The van der Waals surface area contributed by atoms with Gasteiger partial charge in [-0.05, 0) is 31.6 Å². The van der Waals surface area contributed by atoms with Crippen LogP contribution in [0.5, 0.6) is 0 Å². The number of fused-ring (bicyclic) bond motifs is 1. The van der Waals surface area contributed by atoms with Crippen LogP contribution < -0.4 is 5.32 Å². The van der Waals surface area contributed by atoms with E-state index in [9.17, 15) is 0 Å². The Hall–Kier alpha value is -0.390. The zero-order valence-corrected chi connectivity index (χ0v) is 13.1. The van der Waals surface area contributed by atoms with Crippen LogP contribution in [0.25, 0.3) is 10.2 Å². The summed E-state index contributed by atoms with van der Waals surface area (Å²) in [5.41, 5.74) is 1.14. The van der Waals surface area contributed by atoms with E-state index in [0.717, 1.165) is 31.7 Å². The van der Waals surface area contributed by atoms with E-state index in [1.54, 1.807) is 0 Å². The van der Waals surface area contributed by atoms with Crippen LogP contribution in [0.15, 0.2) is 24.3 Å². The Kier molecular flexibility index (Phi) is 7.04. The molecule has 0 unspecified atom stereocenters. The first-order valence-electron chi connectivity index (χ1n) is 6.19. The minimum Gasteiger partial charge on any atom is -0.315 e. The number of rotatable bonds is 2. The van der Waals surface area contributed by atoms with E-state index in [2.05, 4.69) is 34.5 Å². The van der Waals surface area contributed by atoms with Crippen molar-refractivity contribution < 1.29 is 0 Å². The Morgan fingerprint density at radius 3 is 2.84 bits per heavy atom. The molecule has 0 aliphatic carbocycles. The summed E-state index contributed by atoms with van der Waals surface area (Å²) in [5.74, 6) is 0. The van der Waals surface area contributed by atoms with E-state index >= 15 is 0 Å². The first kappa shape index (κ1) is 16.7. The fourth-order valence-corrected chi connectivity index (χ4v) is 3.25. The fraction of sp³-hybridized carbons (Fsp3) is 0.462. The van der Waals surface area contributed by atoms with E-state index in [4.69, 9.17) is 4.98 Å². The molecular weight excluding hydrogens is 301 g/mol. The number of thiazole rings is 1. The molecule has 0 bridgehead atoms. The minimum atomic E-state index is 0. The normalized spacial score (nSPS) is 16.4. The van der Waals surface area contributed by atoms with Crippen LogP contribution in [0.1, 0.15) is 11.4 Å². The maximum Gasteiger partial charge on any atom is 0.108 e. The van der Waals surface area contributed by atoms with Crippen molar-refractivity contribution in [1.29, 1.82) is 0 Å². The van der Waals surface area contributed by atoms with Crippen LogP contribution >= 0.6 is 36.2 Å². The second-order valence-electron chi connectivity index (χ2n) is 4.46. The maximum atomic E-state index is 4.69. The van der Waals surface area contributed by atoms with Gasteiger partial charge >= 0.3 is 0 Å². The van der Waals surface area contributed by atoms with Gasteiger partial charge in [0.2, 0.25) is 0 Å². The largest absolute Gasteiger partial charge is 0.315 e. The van der Waals surface area contributed by atoms with Crippen molar-refractivity contribution in [3.8, 4) is 0 Å². The summed E-state index contributed by atoms with van der Waals surface area (Å²) >= 11 is 1.82. The van der Waals surface area contributed by atoms with Crippen molar-refractivity contribution in [2.24, 2.45) is 0 Å². The SMILES string of the molecule is Cl.Cl.c1ccc2sc(CN3CCCNCC3)nc2c1. The van der Waals surface area contributed by atoms with Crippen LogP contribution in [0.2, 0.25) is 0 Å². The summed E-state index contributed by atoms with van der Waals surface area (Å²) < 4.78 is 1.30. The zero-order valence-electron chi connectivity index (χ0n) is 10.7. The molecule has 2 heterocycles. The number of benzene rings is 1. The molecule has 1 aliphatic rings. The van der Waals surface area contributed by atoms with Crippen LogP contribution in [-0.2, 0) is 6.54 Å². The smallest absolute Gasteiger partial charge is 0.108 e. The molecule has 1 N–H and O–H groups in total. The van der Waals surface area contributed by atoms with Gasteiger partial charge in [0.25, 0.3) is 0 Å². The van der Waals surface area contributed by atoms with E-state index < -0.39 is 0 Å². The molecule has 2 aromatic rings.